The second kappa shape index (κ2) is 3.06. The Kier molecular flexibility index (Phi) is 1.89. The number of H-pyrrole nitrogens is 1. The van der Waals surface area contributed by atoms with E-state index in [0.717, 1.165) is 11.3 Å². The van der Waals surface area contributed by atoms with Crippen LogP contribution in [0, 0.1) is 6.92 Å². The van der Waals surface area contributed by atoms with Crippen LogP contribution in [0.5, 0.6) is 5.75 Å². The van der Waals surface area contributed by atoms with E-state index >= 15 is 0 Å². The van der Waals surface area contributed by atoms with E-state index in [-0.39, 0.29) is 5.75 Å². The molecule has 4 N–H and O–H groups in total. The molecule has 0 amide bonds. The van der Waals surface area contributed by atoms with Gasteiger partial charge in [-0.15, -0.1) is 0 Å². The molecule has 2 rings (SSSR count). The van der Waals surface area contributed by atoms with E-state index in [9.17, 15) is 5.11 Å². The van der Waals surface area contributed by atoms with Gasteiger partial charge in [0.25, 0.3) is 0 Å². The zero-order valence-electron chi connectivity index (χ0n) is 7.78. The van der Waals surface area contributed by atoms with Gasteiger partial charge >= 0.3 is 0 Å². The van der Waals surface area contributed by atoms with Crippen molar-refractivity contribution in [2.24, 2.45) is 0 Å². The minimum atomic E-state index is 0.222. The van der Waals surface area contributed by atoms with E-state index in [4.69, 9.17) is 5.73 Å². The van der Waals surface area contributed by atoms with Crippen molar-refractivity contribution >= 4 is 5.82 Å². The Balaban J connectivity index is 2.55. The second-order valence-electron chi connectivity index (χ2n) is 3.23. The average molecular weight is 189 g/mol. The molecule has 0 aliphatic heterocycles. The number of nitrogen functional groups attached to an aromatic ring is 1. The molecular weight excluding hydrogens is 178 g/mol. The van der Waals surface area contributed by atoms with Gasteiger partial charge in [0.15, 0.2) is 0 Å². The predicted molar refractivity (Wildman–Crippen MR) is 54.8 cm³/mol. The van der Waals surface area contributed by atoms with Crippen LogP contribution in [-0.2, 0) is 0 Å². The van der Waals surface area contributed by atoms with Crippen molar-refractivity contribution in [3.8, 4) is 17.0 Å². The monoisotopic (exact) mass is 189 g/mol. The Bertz CT molecular complexity index is 462. The molecule has 0 bridgehead atoms. The van der Waals surface area contributed by atoms with Crippen molar-refractivity contribution in [2.75, 3.05) is 5.73 Å². The highest BCUT2D eigenvalue weighted by Gasteiger charge is 2.06. The Morgan fingerprint density at radius 2 is 2.14 bits per heavy atom. The van der Waals surface area contributed by atoms with E-state index in [1.165, 1.54) is 0 Å². The molecule has 0 unspecified atom stereocenters. The van der Waals surface area contributed by atoms with Crippen LogP contribution in [0.25, 0.3) is 11.3 Å². The lowest BCUT2D eigenvalue weighted by molar-refractivity contribution is 0.477. The van der Waals surface area contributed by atoms with E-state index in [0.29, 0.717) is 11.4 Å². The molecular formula is C10H11N3O. The molecule has 4 heteroatoms. The van der Waals surface area contributed by atoms with E-state index in [2.05, 4.69) is 10.2 Å². The number of benzene rings is 1. The van der Waals surface area contributed by atoms with E-state index < -0.39 is 0 Å². The molecule has 14 heavy (non-hydrogen) atoms. The smallest absolute Gasteiger partial charge is 0.145 e. The molecule has 0 saturated carbocycles. The summed E-state index contributed by atoms with van der Waals surface area (Å²) in [5.74, 6) is 0.639. The van der Waals surface area contributed by atoms with Gasteiger partial charge in [0.1, 0.15) is 11.6 Å². The Hall–Kier alpha value is -1.97. The first-order chi connectivity index (χ1) is 6.66. The van der Waals surface area contributed by atoms with Crippen LogP contribution in [-0.4, -0.2) is 15.3 Å². The first-order valence-electron chi connectivity index (χ1n) is 4.27. The Morgan fingerprint density at radius 3 is 2.79 bits per heavy atom. The van der Waals surface area contributed by atoms with Crippen LogP contribution < -0.4 is 5.73 Å². The van der Waals surface area contributed by atoms with Gasteiger partial charge in [0, 0.05) is 11.6 Å². The fraction of sp³-hybridized carbons (Fsp3) is 0.100. The SMILES string of the molecule is Cc1ccc(O)c(-c2cc(N)n[nH]2)c1. The van der Waals surface area contributed by atoms with Gasteiger partial charge in [0.05, 0.1) is 5.69 Å². The summed E-state index contributed by atoms with van der Waals surface area (Å²) >= 11 is 0. The van der Waals surface area contributed by atoms with Crippen molar-refractivity contribution in [3.05, 3.63) is 29.8 Å². The number of aromatic nitrogens is 2. The molecule has 1 aromatic heterocycles. The zero-order valence-corrected chi connectivity index (χ0v) is 7.78. The summed E-state index contributed by atoms with van der Waals surface area (Å²) in [7, 11) is 0. The molecule has 0 spiro atoms. The van der Waals surface area contributed by atoms with Gasteiger partial charge < -0.3 is 10.8 Å². The van der Waals surface area contributed by atoms with Crippen molar-refractivity contribution in [2.45, 2.75) is 6.92 Å². The van der Waals surface area contributed by atoms with Crippen LogP contribution in [0.15, 0.2) is 24.3 Å². The van der Waals surface area contributed by atoms with Gasteiger partial charge in [0.2, 0.25) is 0 Å². The lowest BCUT2D eigenvalue weighted by atomic mass is 10.1. The quantitative estimate of drug-likeness (QED) is 0.638. The van der Waals surface area contributed by atoms with Crippen molar-refractivity contribution in [3.63, 3.8) is 0 Å². The van der Waals surface area contributed by atoms with Crippen LogP contribution >= 0.6 is 0 Å². The highest BCUT2D eigenvalue weighted by Crippen LogP contribution is 2.28. The Morgan fingerprint density at radius 1 is 1.36 bits per heavy atom. The van der Waals surface area contributed by atoms with Crippen LogP contribution in [0.2, 0.25) is 0 Å². The van der Waals surface area contributed by atoms with Crippen LogP contribution in [0.3, 0.4) is 0 Å². The van der Waals surface area contributed by atoms with Gasteiger partial charge in [-0.05, 0) is 19.1 Å². The molecule has 1 heterocycles. The van der Waals surface area contributed by atoms with Crippen molar-refractivity contribution < 1.29 is 5.11 Å². The minimum Gasteiger partial charge on any atom is -0.507 e. The van der Waals surface area contributed by atoms with Crippen LogP contribution in [0.4, 0.5) is 5.82 Å². The average Bonchev–Trinajstić information content (AvgIpc) is 2.56. The third-order valence-corrected chi connectivity index (χ3v) is 2.04. The van der Waals surface area contributed by atoms with Gasteiger partial charge in [-0.3, -0.25) is 5.10 Å². The first-order valence-corrected chi connectivity index (χ1v) is 4.27. The predicted octanol–water partition coefficient (Wildman–Crippen LogP) is 1.67. The number of phenolic OH excluding ortho intramolecular Hbond substituents is 1. The number of nitrogens with zero attached hydrogens (tertiary/aromatic N) is 1. The largest absolute Gasteiger partial charge is 0.507 e. The Labute approximate surface area is 81.4 Å². The number of aryl methyl sites for hydroxylation is 1. The molecule has 0 fully saturated rings. The number of aromatic hydroxyl groups is 1. The molecule has 2 aromatic rings. The third-order valence-electron chi connectivity index (χ3n) is 2.04. The number of hydrogen-bond donors (Lipinski definition) is 3. The fourth-order valence-corrected chi connectivity index (χ4v) is 1.34. The summed E-state index contributed by atoms with van der Waals surface area (Å²) in [4.78, 5) is 0. The summed E-state index contributed by atoms with van der Waals surface area (Å²) in [6, 6.07) is 7.07. The number of nitrogens with two attached hydrogens (primary N) is 1. The third kappa shape index (κ3) is 1.42. The normalized spacial score (nSPS) is 10.4. The number of rotatable bonds is 1. The maximum Gasteiger partial charge on any atom is 0.145 e. The maximum absolute atomic E-state index is 9.61. The molecule has 0 saturated heterocycles. The molecule has 1 aromatic carbocycles. The topological polar surface area (TPSA) is 74.9 Å². The van der Waals surface area contributed by atoms with Gasteiger partial charge in [-0.25, -0.2) is 0 Å². The summed E-state index contributed by atoms with van der Waals surface area (Å²) in [6.07, 6.45) is 0. The van der Waals surface area contributed by atoms with Crippen LogP contribution in [0.1, 0.15) is 5.56 Å². The molecule has 0 aliphatic carbocycles. The number of aromatic amines is 1. The summed E-state index contributed by atoms with van der Waals surface area (Å²) < 4.78 is 0. The lowest BCUT2D eigenvalue weighted by Crippen LogP contribution is -1.81. The van der Waals surface area contributed by atoms with Gasteiger partial charge in [-0.1, -0.05) is 11.6 Å². The second-order valence-corrected chi connectivity index (χ2v) is 3.23. The number of hydrogen-bond acceptors (Lipinski definition) is 3. The number of nitrogens with one attached hydrogen (secondary N) is 1. The highest BCUT2D eigenvalue weighted by molar-refractivity contribution is 5.69. The molecule has 4 nitrogen and oxygen atoms in total. The summed E-state index contributed by atoms with van der Waals surface area (Å²) in [5, 5.41) is 16.2. The molecule has 0 aliphatic rings. The first kappa shape index (κ1) is 8.62. The van der Waals surface area contributed by atoms with E-state index in [1.807, 2.05) is 19.1 Å². The number of phenols is 1. The van der Waals surface area contributed by atoms with Crippen molar-refractivity contribution in [1.82, 2.24) is 10.2 Å². The minimum absolute atomic E-state index is 0.222. The van der Waals surface area contributed by atoms with Gasteiger partial charge in [-0.2, -0.15) is 5.10 Å². The molecule has 0 atom stereocenters. The zero-order chi connectivity index (χ0) is 10.1. The summed E-state index contributed by atoms with van der Waals surface area (Å²) in [6.45, 7) is 1.96. The van der Waals surface area contributed by atoms with Crippen molar-refractivity contribution in [1.29, 1.82) is 0 Å². The molecule has 0 radical (unpaired) electrons. The highest BCUT2D eigenvalue weighted by atomic mass is 16.3. The maximum atomic E-state index is 9.61. The fourth-order valence-electron chi connectivity index (χ4n) is 1.34. The number of anilines is 1. The standard InChI is InChI=1S/C10H11N3O/c1-6-2-3-9(14)7(4-6)8-5-10(11)13-12-8/h2-5,14H,1H3,(H3,11,12,13). The lowest BCUT2D eigenvalue weighted by Gasteiger charge is -2.02. The molecule has 72 valence electrons. The summed E-state index contributed by atoms with van der Waals surface area (Å²) in [5.41, 5.74) is 8.00. The van der Waals surface area contributed by atoms with E-state index in [1.54, 1.807) is 12.1 Å².